The van der Waals surface area contributed by atoms with Crippen molar-refractivity contribution in [1.82, 2.24) is 15.3 Å². The first kappa shape index (κ1) is 14.3. The molecule has 2 N–H and O–H groups in total. The van der Waals surface area contributed by atoms with Crippen molar-refractivity contribution in [3.8, 4) is 17.6 Å². The molecule has 0 aliphatic rings. The van der Waals surface area contributed by atoms with Gasteiger partial charge >= 0.3 is 0 Å². The zero-order valence-corrected chi connectivity index (χ0v) is 11.1. The summed E-state index contributed by atoms with van der Waals surface area (Å²) in [5.41, 5.74) is -0.367. The SMILES string of the molecule is O=C(NCC#CCOc1cccnc1)c1ccc[nH]c1=O. The summed E-state index contributed by atoms with van der Waals surface area (Å²) in [4.78, 5) is 29.4. The van der Waals surface area contributed by atoms with E-state index in [0.29, 0.717) is 5.75 Å². The number of nitrogens with one attached hydrogen (secondary N) is 2. The Labute approximate surface area is 121 Å². The summed E-state index contributed by atoms with van der Waals surface area (Å²) in [6.45, 7) is 0.344. The zero-order chi connectivity index (χ0) is 14.9. The maximum absolute atomic E-state index is 11.7. The highest BCUT2D eigenvalue weighted by atomic mass is 16.5. The minimum atomic E-state index is -0.459. The van der Waals surface area contributed by atoms with Gasteiger partial charge in [-0.05, 0) is 24.3 Å². The molecule has 2 aromatic heterocycles. The predicted molar refractivity (Wildman–Crippen MR) is 76.9 cm³/mol. The first-order valence-corrected chi connectivity index (χ1v) is 6.22. The lowest BCUT2D eigenvalue weighted by molar-refractivity contribution is 0.0957. The number of carbonyl (C=O) groups excluding carboxylic acids is 1. The van der Waals surface area contributed by atoms with Gasteiger partial charge < -0.3 is 15.0 Å². The van der Waals surface area contributed by atoms with Gasteiger partial charge in [-0.15, -0.1) is 0 Å². The molecule has 6 nitrogen and oxygen atoms in total. The number of rotatable bonds is 4. The third kappa shape index (κ3) is 4.51. The van der Waals surface area contributed by atoms with Crippen LogP contribution in [0.5, 0.6) is 5.75 Å². The molecule has 0 aliphatic heterocycles. The number of amides is 1. The van der Waals surface area contributed by atoms with Crippen LogP contribution in [0.25, 0.3) is 0 Å². The molecule has 0 atom stereocenters. The molecule has 0 saturated heterocycles. The van der Waals surface area contributed by atoms with Crippen molar-refractivity contribution in [2.75, 3.05) is 13.2 Å². The van der Waals surface area contributed by atoms with E-state index in [4.69, 9.17) is 4.74 Å². The second-order valence-corrected chi connectivity index (χ2v) is 3.93. The topological polar surface area (TPSA) is 84.1 Å². The fourth-order valence-corrected chi connectivity index (χ4v) is 1.49. The van der Waals surface area contributed by atoms with Gasteiger partial charge in [-0.25, -0.2) is 0 Å². The average Bonchev–Trinajstić information content (AvgIpc) is 2.52. The Hall–Kier alpha value is -3.07. The van der Waals surface area contributed by atoms with Crippen molar-refractivity contribution in [2.24, 2.45) is 0 Å². The zero-order valence-electron chi connectivity index (χ0n) is 11.1. The van der Waals surface area contributed by atoms with Crippen LogP contribution >= 0.6 is 0 Å². The Morgan fingerprint density at radius 3 is 3.00 bits per heavy atom. The molecule has 21 heavy (non-hydrogen) atoms. The first-order chi connectivity index (χ1) is 10.3. The fourth-order valence-electron chi connectivity index (χ4n) is 1.49. The van der Waals surface area contributed by atoms with Crippen molar-refractivity contribution in [3.63, 3.8) is 0 Å². The van der Waals surface area contributed by atoms with Gasteiger partial charge in [0.05, 0.1) is 12.7 Å². The molecule has 0 unspecified atom stereocenters. The Bertz CT molecular complexity index is 714. The van der Waals surface area contributed by atoms with E-state index in [-0.39, 0.29) is 18.7 Å². The normalized spacial score (nSPS) is 9.33. The van der Waals surface area contributed by atoms with Crippen LogP contribution < -0.4 is 15.6 Å². The molecule has 0 aromatic carbocycles. The quantitative estimate of drug-likeness (QED) is 0.804. The smallest absolute Gasteiger partial charge is 0.260 e. The second kappa shape index (κ2) is 7.50. The van der Waals surface area contributed by atoms with Crippen molar-refractivity contribution in [1.29, 1.82) is 0 Å². The number of H-pyrrole nitrogens is 1. The summed E-state index contributed by atoms with van der Waals surface area (Å²) in [5.74, 6) is 5.66. The number of nitrogens with zero attached hydrogens (tertiary/aromatic N) is 1. The molecule has 6 heteroatoms. The molecule has 0 radical (unpaired) electrons. The minimum Gasteiger partial charge on any atom is -0.479 e. The lowest BCUT2D eigenvalue weighted by Crippen LogP contribution is -2.29. The Morgan fingerprint density at radius 2 is 2.24 bits per heavy atom. The van der Waals surface area contributed by atoms with E-state index in [0.717, 1.165) is 0 Å². The van der Waals surface area contributed by atoms with Crippen LogP contribution in [-0.2, 0) is 0 Å². The van der Waals surface area contributed by atoms with E-state index in [1.54, 1.807) is 30.6 Å². The Balaban J connectivity index is 1.75. The van der Waals surface area contributed by atoms with Crippen molar-refractivity contribution >= 4 is 5.91 Å². The largest absolute Gasteiger partial charge is 0.479 e. The van der Waals surface area contributed by atoms with Gasteiger partial charge in [0.15, 0.2) is 0 Å². The van der Waals surface area contributed by atoms with Crippen molar-refractivity contribution in [2.45, 2.75) is 0 Å². The molecule has 2 rings (SSSR count). The highest BCUT2D eigenvalue weighted by Gasteiger charge is 2.07. The maximum Gasteiger partial charge on any atom is 0.260 e. The average molecular weight is 283 g/mol. The van der Waals surface area contributed by atoms with Gasteiger partial charge in [-0.3, -0.25) is 14.6 Å². The van der Waals surface area contributed by atoms with Crippen molar-refractivity contribution in [3.05, 3.63) is 58.8 Å². The van der Waals surface area contributed by atoms with E-state index in [2.05, 4.69) is 27.1 Å². The molecule has 0 saturated carbocycles. The standard InChI is InChI=1S/C15H13N3O3/c19-14(13-6-4-9-18-15(13)20)17-8-1-2-10-21-12-5-3-7-16-11-12/h3-7,9,11H,8,10H2,(H,17,19)(H,18,20). The molecular weight excluding hydrogens is 270 g/mol. The van der Waals surface area contributed by atoms with E-state index >= 15 is 0 Å². The lowest BCUT2D eigenvalue weighted by atomic mass is 10.2. The molecule has 106 valence electrons. The molecule has 1 amide bonds. The van der Waals surface area contributed by atoms with Gasteiger partial charge in [-0.1, -0.05) is 11.8 Å². The number of ether oxygens (including phenoxy) is 1. The van der Waals surface area contributed by atoms with Crippen LogP contribution in [0, 0.1) is 11.8 Å². The Kier molecular flexibility index (Phi) is 5.12. The second-order valence-electron chi connectivity index (χ2n) is 3.93. The molecule has 0 bridgehead atoms. The Morgan fingerprint density at radius 1 is 1.33 bits per heavy atom. The third-order valence-electron chi connectivity index (χ3n) is 2.47. The van der Waals surface area contributed by atoms with E-state index < -0.39 is 11.5 Å². The summed E-state index contributed by atoms with van der Waals surface area (Å²) in [5, 5.41) is 2.54. The summed E-state index contributed by atoms with van der Waals surface area (Å²) < 4.78 is 5.31. The first-order valence-electron chi connectivity index (χ1n) is 6.22. The van der Waals surface area contributed by atoms with Crippen LogP contribution in [0.2, 0.25) is 0 Å². The predicted octanol–water partition coefficient (Wildman–Crippen LogP) is 0.582. The van der Waals surface area contributed by atoms with Gasteiger partial charge in [0.2, 0.25) is 0 Å². The highest BCUT2D eigenvalue weighted by Crippen LogP contribution is 2.04. The van der Waals surface area contributed by atoms with Crippen LogP contribution in [0.1, 0.15) is 10.4 Å². The van der Waals surface area contributed by atoms with Gasteiger partial charge in [0, 0.05) is 12.4 Å². The van der Waals surface area contributed by atoms with E-state index in [9.17, 15) is 9.59 Å². The van der Waals surface area contributed by atoms with Crippen LogP contribution in [0.4, 0.5) is 0 Å². The molecule has 2 heterocycles. The summed E-state index contributed by atoms with van der Waals surface area (Å²) in [6, 6.07) is 6.58. The third-order valence-corrected chi connectivity index (χ3v) is 2.47. The van der Waals surface area contributed by atoms with E-state index in [1.165, 1.54) is 12.3 Å². The van der Waals surface area contributed by atoms with Crippen LogP contribution in [0.15, 0.2) is 47.7 Å². The minimum absolute atomic E-state index is 0.0610. The number of aromatic nitrogens is 2. The molecule has 0 aliphatic carbocycles. The van der Waals surface area contributed by atoms with Gasteiger partial charge in [0.25, 0.3) is 11.5 Å². The molecule has 2 aromatic rings. The number of carbonyl (C=O) groups is 1. The van der Waals surface area contributed by atoms with Crippen LogP contribution in [0.3, 0.4) is 0 Å². The summed E-state index contributed by atoms with van der Waals surface area (Å²) >= 11 is 0. The van der Waals surface area contributed by atoms with Crippen LogP contribution in [-0.4, -0.2) is 29.0 Å². The van der Waals surface area contributed by atoms with Crippen molar-refractivity contribution < 1.29 is 9.53 Å². The monoisotopic (exact) mass is 283 g/mol. The van der Waals surface area contributed by atoms with Gasteiger partial charge in [0.1, 0.15) is 17.9 Å². The number of hydrogen-bond donors (Lipinski definition) is 2. The van der Waals surface area contributed by atoms with E-state index in [1.807, 2.05) is 0 Å². The lowest BCUT2D eigenvalue weighted by Gasteiger charge is -2.00. The maximum atomic E-state index is 11.7. The molecule has 0 spiro atoms. The molecule has 0 fully saturated rings. The number of pyridine rings is 2. The summed E-state index contributed by atoms with van der Waals surface area (Å²) in [6.07, 6.45) is 4.71. The fraction of sp³-hybridized carbons (Fsp3) is 0.133. The van der Waals surface area contributed by atoms with Gasteiger partial charge in [-0.2, -0.15) is 0 Å². The number of hydrogen-bond acceptors (Lipinski definition) is 4. The summed E-state index contributed by atoms with van der Waals surface area (Å²) in [7, 11) is 0. The molecular formula is C15H13N3O3. The number of aromatic amines is 1. The highest BCUT2D eigenvalue weighted by molar-refractivity contribution is 5.93.